The van der Waals surface area contributed by atoms with Crippen LogP contribution in [0.5, 0.6) is 0 Å². The fourth-order valence-electron chi connectivity index (χ4n) is 8.84. The molecule has 0 amide bonds. The van der Waals surface area contributed by atoms with E-state index in [1.807, 2.05) is 0 Å². The molecule has 0 radical (unpaired) electrons. The molecule has 0 saturated carbocycles. The van der Waals surface area contributed by atoms with E-state index in [0.29, 0.717) is 19.3 Å². The fraction of sp³-hybridized carbons (Fsp3) is 0.948. The fourth-order valence-corrected chi connectivity index (χ4v) is 8.84. The molecule has 0 rings (SSSR count). The number of rotatable bonds is 52. The number of hydrogen-bond acceptors (Lipinski definition) is 6. The maximum absolute atomic E-state index is 12.8. The van der Waals surface area contributed by atoms with Crippen LogP contribution in [0.1, 0.15) is 324 Å². The Bertz CT molecular complexity index is 980. The van der Waals surface area contributed by atoms with Gasteiger partial charge in [-0.1, -0.05) is 285 Å². The van der Waals surface area contributed by atoms with Crippen molar-refractivity contribution in [2.24, 2.45) is 11.8 Å². The van der Waals surface area contributed by atoms with Crippen LogP contribution in [-0.4, -0.2) is 37.2 Å². The van der Waals surface area contributed by atoms with Crippen molar-refractivity contribution >= 4 is 17.9 Å². The van der Waals surface area contributed by atoms with E-state index in [1.54, 1.807) is 0 Å². The van der Waals surface area contributed by atoms with Gasteiger partial charge < -0.3 is 14.2 Å². The smallest absolute Gasteiger partial charge is 0.306 e. The molecule has 0 N–H and O–H groups in total. The minimum absolute atomic E-state index is 0.0637. The number of carbonyl (C=O) groups is 3. The standard InChI is InChI=1S/C58H112O6/c1-6-8-9-10-11-12-13-14-15-16-17-18-19-24-27-30-33-40-45-50-58(61)64-55(52-63-57(60)49-44-39-35-34-37-42-47-54(5)7-2)51-62-56(59)48-43-38-32-29-26-23-21-20-22-25-28-31-36-41-46-53(3)4/h53-55H,6-52H2,1-5H3/t54?,55-/m1/s1. The molecule has 0 aliphatic heterocycles. The van der Waals surface area contributed by atoms with E-state index in [0.717, 1.165) is 69.6 Å². The third kappa shape index (κ3) is 49.8. The van der Waals surface area contributed by atoms with Crippen molar-refractivity contribution in [2.75, 3.05) is 13.2 Å². The summed E-state index contributed by atoms with van der Waals surface area (Å²) in [6, 6.07) is 0. The molecular formula is C58H112O6. The summed E-state index contributed by atoms with van der Waals surface area (Å²) in [5.41, 5.74) is 0. The maximum atomic E-state index is 12.8. The van der Waals surface area contributed by atoms with E-state index >= 15 is 0 Å². The lowest BCUT2D eigenvalue weighted by Gasteiger charge is -2.18. The van der Waals surface area contributed by atoms with Crippen LogP contribution in [0.3, 0.4) is 0 Å². The summed E-state index contributed by atoms with van der Waals surface area (Å²) in [5.74, 6) is 0.815. The second kappa shape index (κ2) is 50.8. The molecule has 64 heavy (non-hydrogen) atoms. The molecule has 0 spiro atoms. The Kier molecular flexibility index (Phi) is 49.6. The summed E-state index contributed by atoms with van der Waals surface area (Å²) in [7, 11) is 0. The largest absolute Gasteiger partial charge is 0.462 e. The van der Waals surface area contributed by atoms with Crippen molar-refractivity contribution in [1.82, 2.24) is 0 Å². The average Bonchev–Trinajstić information content (AvgIpc) is 3.28. The lowest BCUT2D eigenvalue weighted by atomic mass is 10.00. The Labute approximate surface area is 399 Å². The van der Waals surface area contributed by atoms with E-state index in [4.69, 9.17) is 14.2 Å². The van der Waals surface area contributed by atoms with E-state index in [9.17, 15) is 14.4 Å². The molecule has 380 valence electrons. The second-order valence-electron chi connectivity index (χ2n) is 20.6. The topological polar surface area (TPSA) is 78.9 Å². The zero-order chi connectivity index (χ0) is 46.8. The summed E-state index contributed by atoms with van der Waals surface area (Å²) in [5, 5.41) is 0. The molecule has 0 bridgehead atoms. The van der Waals surface area contributed by atoms with Crippen molar-refractivity contribution < 1.29 is 28.6 Å². The number of esters is 3. The van der Waals surface area contributed by atoms with Gasteiger partial charge in [-0.3, -0.25) is 14.4 Å². The van der Waals surface area contributed by atoms with Crippen LogP contribution < -0.4 is 0 Å². The highest BCUT2D eigenvalue weighted by molar-refractivity contribution is 5.71. The summed E-state index contributed by atoms with van der Waals surface area (Å²) in [4.78, 5) is 38.1. The van der Waals surface area contributed by atoms with Gasteiger partial charge in [-0.25, -0.2) is 0 Å². The van der Waals surface area contributed by atoms with E-state index in [-0.39, 0.29) is 31.1 Å². The molecule has 0 aromatic heterocycles. The van der Waals surface area contributed by atoms with Crippen LogP contribution >= 0.6 is 0 Å². The van der Waals surface area contributed by atoms with Crippen LogP contribution in [0.2, 0.25) is 0 Å². The zero-order valence-corrected chi connectivity index (χ0v) is 43.9. The van der Waals surface area contributed by atoms with Crippen LogP contribution in [0.25, 0.3) is 0 Å². The van der Waals surface area contributed by atoms with Gasteiger partial charge in [-0.2, -0.15) is 0 Å². The molecule has 1 unspecified atom stereocenters. The maximum Gasteiger partial charge on any atom is 0.306 e. The Morgan fingerprint density at radius 2 is 0.594 bits per heavy atom. The predicted octanol–water partition coefficient (Wildman–Crippen LogP) is 18.9. The summed E-state index contributed by atoms with van der Waals surface area (Å²) in [6.45, 7) is 11.4. The first kappa shape index (κ1) is 62.4. The molecule has 0 fully saturated rings. The number of hydrogen-bond donors (Lipinski definition) is 0. The summed E-state index contributed by atoms with van der Waals surface area (Å²) < 4.78 is 16.9. The van der Waals surface area contributed by atoms with E-state index in [2.05, 4.69) is 34.6 Å². The lowest BCUT2D eigenvalue weighted by Crippen LogP contribution is -2.30. The molecule has 0 aliphatic rings. The van der Waals surface area contributed by atoms with Gasteiger partial charge in [-0.05, 0) is 31.1 Å². The highest BCUT2D eigenvalue weighted by Crippen LogP contribution is 2.18. The first-order valence-corrected chi connectivity index (χ1v) is 28.8. The van der Waals surface area contributed by atoms with Gasteiger partial charge in [0.05, 0.1) is 0 Å². The molecule has 0 aromatic rings. The number of unbranched alkanes of at least 4 members (excludes halogenated alkanes) is 36. The second-order valence-corrected chi connectivity index (χ2v) is 20.6. The highest BCUT2D eigenvalue weighted by atomic mass is 16.6. The third-order valence-electron chi connectivity index (χ3n) is 13.6. The molecule has 0 saturated heterocycles. The predicted molar refractivity (Wildman–Crippen MR) is 275 cm³/mol. The van der Waals surface area contributed by atoms with Gasteiger partial charge in [0.15, 0.2) is 6.10 Å². The molecule has 2 atom stereocenters. The molecular weight excluding hydrogens is 793 g/mol. The first-order valence-electron chi connectivity index (χ1n) is 28.8. The molecule has 6 nitrogen and oxygen atoms in total. The van der Waals surface area contributed by atoms with E-state index < -0.39 is 6.10 Å². The van der Waals surface area contributed by atoms with Gasteiger partial charge in [0.25, 0.3) is 0 Å². The van der Waals surface area contributed by atoms with Gasteiger partial charge >= 0.3 is 17.9 Å². The van der Waals surface area contributed by atoms with Gasteiger partial charge in [0.1, 0.15) is 13.2 Å². The molecule has 0 aliphatic carbocycles. The Balaban J connectivity index is 4.25. The minimum Gasteiger partial charge on any atom is -0.462 e. The van der Waals surface area contributed by atoms with E-state index in [1.165, 1.54) is 212 Å². The van der Waals surface area contributed by atoms with Crippen molar-refractivity contribution in [3.05, 3.63) is 0 Å². The van der Waals surface area contributed by atoms with Crippen molar-refractivity contribution in [3.63, 3.8) is 0 Å². The Morgan fingerprint density at radius 3 is 0.891 bits per heavy atom. The van der Waals surface area contributed by atoms with Crippen LogP contribution in [0.15, 0.2) is 0 Å². The van der Waals surface area contributed by atoms with Gasteiger partial charge in [0.2, 0.25) is 0 Å². The highest BCUT2D eigenvalue weighted by Gasteiger charge is 2.19. The Hall–Kier alpha value is -1.59. The van der Waals surface area contributed by atoms with Crippen LogP contribution in [-0.2, 0) is 28.6 Å². The molecule has 0 aromatic carbocycles. The minimum atomic E-state index is -0.763. The third-order valence-corrected chi connectivity index (χ3v) is 13.6. The van der Waals surface area contributed by atoms with Crippen molar-refractivity contribution in [1.29, 1.82) is 0 Å². The first-order chi connectivity index (χ1) is 31.3. The van der Waals surface area contributed by atoms with Gasteiger partial charge in [0, 0.05) is 19.3 Å². The van der Waals surface area contributed by atoms with Crippen LogP contribution in [0, 0.1) is 11.8 Å². The molecule has 0 heterocycles. The summed E-state index contributed by atoms with van der Waals surface area (Å²) >= 11 is 0. The number of carbonyl (C=O) groups excluding carboxylic acids is 3. The average molecular weight is 906 g/mol. The molecule has 6 heteroatoms. The SMILES string of the molecule is CCCCCCCCCCCCCCCCCCCCCC(=O)O[C@H](COC(=O)CCCCCCCCCCCCCCCCC(C)C)COC(=O)CCCCCCCCC(C)CC. The zero-order valence-electron chi connectivity index (χ0n) is 43.9. The summed E-state index contributed by atoms with van der Waals surface area (Å²) in [6.07, 6.45) is 53.9. The van der Waals surface area contributed by atoms with Gasteiger partial charge in [-0.15, -0.1) is 0 Å². The lowest BCUT2D eigenvalue weighted by molar-refractivity contribution is -0.167. The van der Waals surface area contributed by atoms with Crippen LogP contribution in [0.4, 0.5) is 0 Å². The monoisotopic (exact) mass is 905 g/mol. The normalized spacial score (nSPS) is 12.5. The van der Waals surface area contributed by atoms with Crippen molar-refractivity contribution in [2.45, 2.75) is 330 Å². The Morgan fingerprint density at radius 1 is 0.328 bits per heavy atom. The number of ether oxygens (including phenoxy) is 3. The van der Waals surface area contributed by atoms with Crippen molar-refractivity contribution in [3.8, 4) is 0 Å². The quantitative estimate of drug-likeness (QED) is 0.0344.